The summed E-state index contributed by atoms with van der Waals surface area (Å²) in [6, 6.07) is 22.5. The first-order valence-corrected chi connectivity index (χ1v) is 8.59. The van der Waals surface area contributed by atoms with E-state index in [0.29, 0.717) is 11.5 Å². The number of benzene rings is 2. The molecule has 0 spiro atoms. The average Bonchev–Trinajstić information content (AvgIpc) is 2.72. The van der Waals surface area contributed by atoms with Crippen LogP contribution in [0.4, 0.5) is 17.2 Å². The molecule has 0 N–H and O–H groups in total. The lowest BCUT2D eigenvalue weighted by molar-refractivity contribution is -0.115. The van der Waals surface area contributed by atoms with Crippen molar-refractivity contribution in [3.63, 3.8) is 0 Å². The van der Waals surface area contributed by atoms with Crippen LogP contribution in [0.25, 0.3) is 0 Å². The van der Waals surface area contributed by atoms with Crippen molar-refractivity contribution in [3.8, 4) is 0 Å². The SMILES string of the molecule is Cc1ccc(N2CON(c3ccccc3)C(=Nc3ccccc3)C2=O)nc1. The first-order valence-electron chi connectivity index (χ1n) is 8.59. The van der Waals surface area contributed by atoms with Crippen molar-refractivity contribution >= 4 is 28.9 Å². The Kier molecular flexibility index (Phi) is 4.63. The van der Waals surface area contributed by atoms with E-state index >= 15 is 0 Å². The largest absolute Gasteiger partial charge is 0.299 e. The van der Waals surface area contributed by atoms with Crippen LogP contribution in [-0.4, -0.2) is 23.5 Å². The van der Waals surface area contributed by atoms with Gasteiger partial charge >= 0.3 is 0 Å². The topological polar surface area (TPSA) is 58.0 Å². The molecule has 1 aliphatic rings. The van der Waals surface area contributed by atoms with Gasteiger partial charge in [-0.3, -0.25) is 9.69 Å². The van der Waals surface area contributed by atoms with E-state index in [4.69, 9.17) is 4.84 Å². The fourth-order valence-electron chi connectivity index (χ4n) is 2.71. The van der Waals surface area contributed by atoms with E-state index in [0.717, 1.165) is 11.3 Å². The first kappa shape index (κ1) is 16.9. The van der Waals surface area contributed by atoms with Gasteiger partial charge in [0.2, 0.25) is 5.84 Å². The molecule has 3 aromatic rings. The van der Waals surface area contributed by atoms with Gasteiger partial charge in [0.05, 0.1) is 11.4 Å². The number of hydroxylamine groups is 1. The van der Waals surface area contributed by atoms with Crippen LogP contribution in [0, 0.1) is 6.92 Å². The van der Waals surface area contributed by atoms with E-state index in [2.05, 4.69) is 9.98 Å². The Labute approximate surface area is 157 Å². The molecule has 6 heteroatoms. The highest BCUT2D eigenvalue weighted by Gasteiger charge is 2.34. The van der Waals surface area contributed by atoms with Crippen molar-refractivity contribution in [2.45, 2.75) is 6.92 Å². The number of anilines is 2. The zero-order valence-corrected chi connectivity index (χ0v) is 14.8. The summed E-state index contributed by atoms with van der Waals surface area (Å²) in [5.74, 6) is 0.436. The normalized spacial score (nSPS) is 16.0. The van der Waals surface area contributed by atoms with Gasteiger partial charge in [0.25, 0.3) is 5.91 Å². The Morgan fingerprint density at radius 2 is 1.67 bits per heavy atom. The average molecular weight is 358 g/mol. The zero-order valence-electron chi connectivity index (χ0n) is 14.8. The number of hydrogen-bond donors (Lipinski definition) is 0. The maximum atomic E-state index is 13.2. The summed E-state index contributed by atoms with van der Waals surface area (Å²) in [4.78, 5) is 29.5. The number of aliphatic imine (C=N–C) groups is 1. The third-order valence-electron chi connectivity index (χ3n) is 4.10. The van der Waals surface area contributed by atoms with E-state index in [1.165, 1.54) is 9.96 Å². The minimum absolute atomic E-state index is 0.0532. The van der Waals surface area contributed by atoms with Crippen LogP contribution in [-0.2, 0) is 9.63 Å². The van der Waals surface area contributed by atoms with Crippen molar-refractivity contribution in [2.75, 3.05) is 16.7 Å². The molecule has 1 fully saturated rings. The van der Waals surface area contributed by atoms with Crippen molar-refractivity contribution < 1.29 is 9.63 Å². The molecule has 1 aromatic heterocycles. The maximum Gasteiger partial charge on any atom is 0.299 e. The van der Waals surface area contributed by atoms with E-state index in [-0.39, 0.29) is 18.5 Å². The predicted molar refractivity (Wildman–Crippen MR) is 105 cm³/mol. The number of nitrogens with zero attached hydrogens (tertiary/aromatic N) is 4. The van der Waals surface area contributed by atoms with Crippen LogP contribution in [0.5, 0.6) is 0 Å². The molecule has 1 saturated heterocycles. The monoisotopic (exact) mass is 358 g/mol. The van der Waals surface area contributed by atoms with Crippen LogP contribution in [0.3, 0.4) is 0 Å². The Bertz CT molecular complexity index is 956. The summed E-state index contributed by atoms with van der Waals surface area (Å²) in [7, 11) is 0. The number of aryl methyl sites for hydroxylation is 1. The van der Waals surface area contributed by atoms with Crippen LogP contribution in [0.1, 0.15) is 5.56 Å². The lowest BCUT2D eigenvalue weighted by Gasteiger charge is -2.34. The lowest BCUT2D eigenvalue weighted by Crippen LogP contribution is -2.53. The molecule has 27 heavy (non-hydrogen) atoms. The van der Waals surface area contributed by atoms with E-state index in [9.17, 15) is 4.79 Å². The molecule has 4 rings (SSSR count). The molecule has 0 unspecified atom stereocenters. The van der Waals surface area contributed by atoms with Gasteiger partial charge in [-0.2, -0.15) is 5.06 Å². The number of carbonyl (C=O) groups excluding carboxylic acids is 1. The molecule has 0 aliphatic carbocycles. The van der Waals surface area contributed by atoms with Gasteiger partial charge in [-0.05, 0) is 42.8 Å². The van der Waals surface area contributed by atoms with Gasteiger partial charge < -0.3 is 0 Å². The molecule has 0 radical (unpaired) electrons. The second-order valence-electron chi connectivity index (χ2n) is 6.09. The van der Waals surface area contributed by atoms with Gasteiger partial charge in [-0.15, -0.1) is 0 Å². The highest BCUT2D eigenvalue weighted by molar-refractivity contribution is 6.47. The summed E-state index contributed by atoms with van der Waals surface area (Å²) in [6.45, 7) is 2.00. The second-order valence-corrected chi connectivity index (χ2v) is 6.09. The smallest absolute Gasteiger partial charge is 0.265 e. The fourth-order valence-corrected chi connectivity index (χ4v) is 2.71. The Morgan fingerprint density at radius 1 is 0.963 bits per heavy atom. The number of pyridine rings is 1. The summed E-state index contributed by atoms with van der Waals surface area (Å²) < 4.78 is 0. The molecule has 0 saturated carbocycles. The quantitative estimate of drug-likeness (QED) is 0.713. The number of amidine groups is 1. The molecule has 1 amide bonds. The van der Waals surface area contributed by atoms with Gasteiger partial charge in [0, 0.05) is 6.20 Å². The highest BCUT2D eigenvalue weighted by Crippen LogP contribution is 2.24. The molecule has 1 aliphatic heterocycles. The number of rotatable bonds is 3. The van der Waals surface area contributed by atoms with Gasteiger partial charge in [-0.1, -0.05) is 42.5 Å². The fraction of sp³-hybridized carbons (Fsp3) is 0.0952. The number of para-hydroxylation sites is 2. The minimum atomic E-state index is -0.273. The highest BCUT2D eigenvalue weighted by atomic mass is 16.7. The number of hydrogen-bond acceptors (Lipinski definition) is 4. The third kappa shape index (κ3) is 3.56. The van der Waals surface area contributed by atoms with Gasteiger partial charge in [-0.25, -0.2) is 14.8 Å². The molecular weight excluding hydrogens is 340 g/mol. The predicted octanol–water partition coefficient (Wildman–Crippen LogP) is 3.86. The van der Waals surface area contributed by atoms with Gasteiger partial charge in [0.15, 0.2) is 6.73 Å². The molecular formula is C21H18N4O2. The van der Waals surface area contributed by atoms with Crippen molar-refractivity contribution in [2.24, 2.45) is 4.99 Å². The maximum absolute atomic E-state index is 13.2. The van der Waals surface area contributed by atoms with Crippen LogP contribution in [0.15, 0.2) is 84.0 Å². The molecule has 2 heterocycles. The van der Waals surface area contributed by atoms with Crippen molar-refractivity contribution in [1.82, 2.24) is 4.98 Å². The van der Waals surface area contributed by atoms with E-state index in [1.54, 1.807) is 12.3 Å². The molecule has 2 aromatic carbocycles. The van der Waals surface area contributed by atoms with Crippen molar-refractivity contribution in [3.05, 3.63) is 84.6 Å². The van der Waals surface area contributed by atoms with Crippen molar-refractivity contribution in [1.29, 1.82) is 0 Å². The summed E-state index contributed by atoms with van der Waals surface area (Å²) in [5.41, 5.74) is 2.43. The summed E-state index contributed by atoms with van der Waals surface area (Å²) in [6.07, 6.45) is 1.72. The molecule has 0 bridgehead atoms. The lowest BCUT2D eigenvalue weighted by atomic mass is 10.2. The van der Waals surface area contributed by atoms with Crippen LogP contribution >= 0.6 is 0 Å². The molecule has 6 nitrogen and oxygen atoms in total. The van der Waals surface area contributed by atoms with Crippen LogP contribution < -0.4 is 9.96 Å². The van der Waals surface area contributed by atoms with E-state index in [1.807, 2.05) is 73.7 Å². The standard InChI is InChI=1S/C21H18N4O2/c1-16-12-13-19(22-14-16)24-15-27-25(18-10-6-3-7-11-18)20(21(24)26)23-17-8-4-2-5-9-17/h2-14H,15H2,1H3. The Hall–Kier alpha value is -3.51. The number of aromatic nitrogens is 1. The number of amides is 1. The number of carbonyl (C=O) groups is 1. The Morgan fingerprint density at radius 3 is 2.33 bits per heavy atom. The Balaban J connectivity index is 1.74. The second kappa shape index (κ2) is 7.39. The zero-order chi connectivity index (χ0) is 18.6. The third-order valence-corrected chi connectivity index (χ3v) is 4.10. The van der Waals surface area contributed by atoms with E-state index < -0.39 is 0 Å². The molecule has 0 atom stereocenters. The summed E-state index contributed by atoms with van der Waals surface area (Å²) >= 11 is 0. The van der Waals surface area contributed by atoms with Gasteiger partial charge in [0.1, 0.15) is 5.82 Å². The minimum Gasteiger partial charge on any atom is -0.265 e. The first-order chi connectivity index (χ1) is 13.2. The summed E-state index contributed by atoms with van der Waals surface area (Å²) in [5, 5.41) is 1.47. The van der Waals surface area contributed by atoms with Crippen LogP contribution in [0.2, 0.25) is 0 Å². The molecule has 134 valence electrons.